The zero-order chi connectivity index (χ0) is 10.4. The molecular formula is C9H14N4O. The number of anilines is 1. The third-order valence-electron chi connectivity index (χ3n) is 1.70. The Kier molecular flexibility index (Phi) is 3.84. The van der Waals surface area contributed by atoms with Crippen molar-refractivity contribution in [1.29, 1.82) is 0 Å². The molecule has 0 saturated heterocycles. The zero-order valence-electron chi connectivity index (χ0n) is 8.16. The van der Waals surface area contributed by atoms with Crippen LogP contribution in [0.3, 0.4) is 0 Å². The molecule has 0 radical (unpaired) electrons. The van der Waals surface area contributed by atoms with Crippen molar-refractivity contribution in [3.05, 3.63) is 17.8 Å². The number of nitrogens with two attached hydrogens (primary N) is 1. The first kappa shape index (κ1) is 10.4. The van der Waals surface area contributed by atoms with Gasteiger partial charge < -0.3 is 11.1 Å². The highest BCUT2D eigenvalue weighted by molar-refractivity contribution is 5.73. The average Bonchev–Trinajstić information content (AvgIpc) is 2.12. The van der Waals surface area contributed by atoms with E-state index in [-0.39, 0.29) is 5.91 Å². The van der Waals surface area contributed by atoms with E-state index < -0.39 is 0 Å². The number of hydrogen-bond donors (Lipinski definition) is 2. The van der Waals surface area contributed by atoms with Gasteiger partial charge in [-0.05, 0) is 25.0 Å². The second-order valence-corrected chi connectivity index (χ2v) is 3.11. The number of hydrogen-bond acceptors (Lipinski definition) is 4. The Bertz CT molecular complexity index is 313. The Hall–Kier alpha value is -1.65. The quantitative estimate of drug-likeness (QED) is 0.667. The predicted octanol–water partition coefficient (Wildman–Crippen LogP) is 0.462. The maximum Gasteiger partial charge on any atom is 0.217 e. The molecule has 1 amide bonds. The lowest BCUT2D eigenvalue weighted by Crippen LogP contribution is -2.13. The number of nitrogens with zero attached hydrogens (tertiary/aromatic N) is 2. The van der Waals surface area contributed by atoms with Crippen molar-refractivity contribution in [3.63, 3.8) is 0 Å². The van der Waals surface area contributed by atoms with Crippen LogP contribution in [0.25, 0.3) is 0 Å². The molecule has 3 N–H and O–H groups in total. The first-order valence-electron chi connectivity index (χ1n) is 4.50. The summed E-state index contributed by atoms with van der Waals surface area (Å²) >= 11 is 0. The first-order valence-corrected chi connectivity index (χ1v) is 4.50. The molecule has 76 valence electrons. The molecule has 5 nitrogen and oxygen atoms in total. The molecule has 0 aromatic carbocycles. The van der Waals surface area contributed by atoms with Crippen LogP contribution in [0.4, 0.5) is 5.82 Å². The molecule has 5 heteroatoms. The molecule has 1 aromatic heterocycles. The van der Waals surface area contributed by atoms with Gasteiger partial charge in [-0.2, -0.15) is 5.10 Å². The Balaban J connectivity index is 2.28. The monoisotopic (exact) mass is 194 g/mol. The Morgan fingerprint density at radius 1 is 1.64 bits per heavy atom. The third-order valence-corrected chi connectivity index (χ3v) is 1.70. The molecule has 0 bridgehead atoms. The van der Waals surface area contributed by atoms with Gasteiger partial charge in [-0.1, -0.05) is 0 Å². The first-order chi connectivity index (χ1) is 6.68. The summed E-state index contributed by atoms with van der Waals surface area (Å²) in [5.74, 6) is 0.455. The van der Waals surface area contributed by atoms with Crippen LogP contribution in [-0.4, -0.2) is 22.6 Å². The van der Waals surface area contributed by atoms with Gasteiger partial charge in [0.2, 0.25) is 5.91 Å². The van der Waals surface area contributed by atoms with Crippen LogP contribution in [0, 0.1) is 6.92 Å². The van der Waals surface area contributed by atoms with Crippen LogP contribution in [0.5, 0.6) is 0 Å². The summed E-state index contributed by atoms with van der Waals surface area (Å²) in [4.78, 5) is 10.4. The summed E-state index contributed by atoms with van der Waals surface area (Å²) in [7, 11) is 0. The summed E-state index contributed by atoms with van der Waals surface area (Å²) in [6.45, 7) is 2.63. The number of aryl methyl sites for hydroxylation is 1. The number of carbonyl (C=O) groups is 1. The molecule has 0 aliphatic carbocycles. The largest absolute Gasteiger partial charge is 0.370 e. The fourth-order valence-corrected chi connectivity index (χ4v) is 1.03. The average molecular weight is 194 g/mol. The van der Waals surface area contributed by atoms with Gasteiger partial charge in [0.1, 0.15) is 5.82 Å². The number of amides is 1. The van der Waals surface area contributed by atoms with Crippen molar-refractivity contribution in [2.75, 3.05) is 11.9 Å². The van der Waals surface area contributed by atoms with E-state index in [0.717, 1.165) is 11.4 Å². The smallest absolute Gasteiger partial charge is 0.217 e. The topological polar surface area (TPSA) is 80.9 Å². The van der Waals surface area contributed by atoms with E-state index in [1.807, 2.05) is 13.0 Å². The highest BCUT2D eigenvalue weighted by atomic mass is 16.1. The number of rotatable bonds is 5. The van der Waals surface area contributed by atoms with E-state index in [4.69, 9.17) is 5.73 Å². The van der Waals surface area contributed by atoms with Crippen LogP contribution in [0.1, 0.15) is 18.4 Å². The van der Waals surface area contributed by atoms with Crippen molar-refractivity contribution in [3.8, 4) is 0 Å². The molecule has 1 aromatic rings. The summed E-state index contributed by atoms with van der Waals surface area (Å²) in [6, 6.07) is 1.90. The fourth-order valence-electron chi connectivity index (χ4n) is 1.03. The molecule has 0 atom stereocenters. The predicted molar refractivity (Wildman–Crippen MR) is 53.7 cm³/mol. The number of carbonyl (C=O) groups excluding carboxylic acids is 1. The summed E-state index contributed by atoms with van der Waals surface area (Å²) in [6.07, 6.45) is 2.80. The normalized spacial score (nSPS) is 9.79. The second kappa shape index (κ2) is 5.16. The van der Waals surface area contributed by atoms with Crippen LogP contribution >= 0.6 is 0 Å². The van der Waals surface area contributed by atoms with Crippen molar-refractivity contribution in [2.24, 2.45) is 5.73 Å². The minimum atomic E-state index is -0.276. The van der Waals surface area contributed by atoms with E-state index >= 15 is 0 Å². The van der Waals surface area contributed by atoms with Gasteiger partial charge in [-0.15, -0.1) is 5.10 Å². The van der Waals surface area contributed by atoms with E-state index in [1.54, 1.807) is 6.20 Å². The van der Waals surface area contributed by atoms with E-state index in [9.17, 15) is 4.79 Å². The highest BCUT2D eigenvalue weighted by Gasteiger charge is 1.96. The highest BCUT2D eigenvalue weighted by Crippen LogP contribution is 2.03. The van der Waals surface area contributed by atoms with Crippen LogP contribution in [0.2, 0.25) is 0 Å². The van der Waals surface area contributed by atoms with E-state index in [0.29, 0.717) is 19.4 Å². The number of primary amides is 1. The zero-order valence-corrected chi connectivity index (χ0v) is 8.16. The van der Waals surface area contributed by atoms with Crippen molar-refractivity contribution in [2.45, 2.75) is 19.8 Å². The summed E-state index contributed by atoms with van der Waals surface area (Å²) in [5, 5.41) is 10.7. The fraction of sp³-hybridized carbons (Fsp3) is 0.444. The minimum Gasteiger partial charge on any atom is -0.370 e. The SMILES string of the molecule is Cc1cnnc(NCCCC(N)=O)c1. The maximum atomic E-state index is 10.4. The minimum absolute atomic E-state index is 0.276. The molecule has 1 heterocycles. The molecule has 0 fully saturated rings. The molecule has 0 aliphatic heterocycles. The third kappa shape index (κ3) is 3.84. The van der Waals surface area contributed by atoms with Crippen molar-refractivity contribution >= 4 is 11.7 Å². The van der Waals surface area contributed by atoms with Crippen molar-refractivity contribution in [1.82, 2.24) is 10.2 Å². The molecule has 0 unspecified atom stereocenters. The Morgan fingerprint density at radius 3 is 3.07 bits per heavy atom. The van der Waals surface area contributed by atoms with Gasteiger partial charge in [-0.25, -0.2) is 0 Å². The van der Waals surface area contributed by atoms with E-state index in [1.165, 1.54) is 0 Å². The standard InChI is InChI=1S/C9H14N4O/c1-7-5-9(13-12-6-7)11-4-2-3-8(10)14/h5-6H,2-4H2,1H3,(H2,10,14)(H,11,13). The molecule has 0 spiro atoms. The van der Waals surface area contributed by atoms with Gasteiger partial charge in [-0.3, -0.25) is 4.79 Å². The van der Waals surface area contributed by atoms with Gasteiger partial charge in [0.25, 0.3) is 0 Å². The molecule has 0 aliphatic rings. The van der Waals surface area contributed by atoms with Crippen LogP contribution in [-0.2, 0) is 4.79 Å². The Morgan fingerprint density at radius 2 is 2.43 bits per heavy atom. The molecule has 1 rings (SSSR count). The van der Waals surface area contributed by atoms with Gasteiger partial charge in [0.05, 0.1) is 6.20 Å². The van der Waals surface area contributed by atoms with Crippen LogP contribution in [0.15, 0.2) is 12.3 Å². The number of aromatic nitrogens is 2. The molecule has 14 heavy (non-hydrogen) atoms. The maximum absolute atomic E-state index is 10.4. The lowest BCUT2D eigenvalue weighted by Gasteiger charge is -2.03. The summed E-state index contributed by atoms with van der Waals surface area (Å²) in [5.41, 5.74) is 6.05. The van der Waals surface area contributed by atoms with E-state index in [2.05, 4.69) is 15.5 Å². The lowest BCUT2D eigenvalue weighted by atomic mass is 10.3. The number of nitrogens with one attached hydrogen (secondary N) is 1. The van der Waals surface area contributed by atoms with Gasteiger partial charge in [0.15, 0.2) is 0 Å². The van der Waals surface area contributed by atoms with Gasteiger partial charge in [0, 0.05) is 13.0 Å². The molecular weight excluding hydrogens is 180 g/mol. The van der Waals surface area contributed by atoms with Gasteiger partial charge >= 0.3 is 0 Å². The summed E-state index contributed by atoms with van der Waals surface area (Å²) < 4.78 is 0. The lowest BCUT2D eigenvalue weighted by molar-refractivity contribution is -0.118. The van der Waals surface area contributed by atoms with Crippen molar-refractivity contribution < 1.29 is 4.79 Å². The van der Waals surface area contributed by atoms with Crippen LogP contribution < -0.4 is 11.1 Å². The Labute approximate surface area is 82.7 Å². The molecule has 0 saturated carbocycles. The second-order valence-electron chi connectivity index (χ2n) is 3.11.